The Morgan fingerprint density at radius 2 is 1.06 bits per heavy atom. The van der Waals surface area contributed by atoms with Gasteiger partial charge in [0.15, 0.2) is 11.6 Å². The predicted octanol–water partition coefficient (Wildman–Crippen LogP) is 11.3. The van der Waals surface area contributed by atoms with Crippen LogP contribution in [0.15, 0.2) is 182 Å². The third-order valence-electron chi connectivity index (χ3n) is 9.53. The molecule has 5 heteroatoms. The van der Waals surface area contributed by atoms with Crippen molar-refractivity contribution in [3.63, 3.8) is 0 Å². The number of fused-ring (bicyclic) bond motifs is 1. The van der Waals surface area contributed by atoms with Crippen LogP contribution in [0.2, 0.25) is 0 Å². The Balaban J connectivity index is 1.15. The van der Waals surface area contributed by atoms with E-state index in [1.165, 1.54) is 21.9 Å². The summed E-state index contributed by atoms with van der Waals surface area (Å²) in [4.78, 5) is 24.4. The van der Waals surface area contributed by atoms with E-state index in [4.69, 9.17) is 24.9 Å². The summed E-state index contributed by atoms with van der Waals surface area (Å²) < 4.78 is 0. The summed E-state index contributed by atoms with van der Waals surface area (Å²) in [6.45, 7) is 0. The number of allylic oxidation sites excluding steroid dienone is 4. The normalized spacial score (nSPS) is 13.9. The molecule has 1 atom stereocenters. The molecule has 0 saturated carbocycles. The maximum Gasteiger partial charge on any atom is 0.163 e. The van der Waals surface area contributed by atoms with Gasteiger partial charge in [0, 0.05) is 40.6 Å². The van der Waals surface area contributed by atoms with Gasteiger partial charge in [0.05, 0.1) is 11.4 Å². The maximum absolute atomic E-state index is 5.03. The van der Waals surface area contributed by atoms with E-state index in [0.717, 1.165) is 57.0 Å². The van der Waals surface area contributed by atoms with E-state index in [1.807, 2.05) is 97.3 Å². The van der Waals surface area contributed by atoms with Crippen LogP contribution >= 0.6 is 0 Å². The van der Waals surface area contributed by atoms with Gasteiger partial charge in [-0.3, -0.25) is 9.97 Å². The van der Waals surface area contributed by atoms with E-state index in [0.29, 0.717) is 11.6 Å². The quantitative estimate of drug-likeness (QED) is 0.169. The number of hydrogen-bond acceptors (Lipinski definition) is 5. The fourth-order valence-corrected chi connectivity index (χ4v) is 6.96. The second-order valence-electron chi connectivity index (χ2n) is 12.9. The first-order chi connectivity index (χ1) is 25.8. The van der Waals surface area contributed by atoms with Gasteiger partial charge in [0.1, 0.15) is 5.82 Å². The molecular formula is C47H33N5. The first kappa shape index (κ1) is 31.2. The largest absolute Gasteiger partial charge is 0.256 e. The zero-order valence-corrected chi connectivity index (χ0v) is 28.3. The van der Waals surface area contributed by atoms with Crippen LogP contribution in [0, 0.1) is 0 Å². The number of rotatable bonds is 7. The van der Waals surface area contributed by atoms with Crippen LogP contribution in [0.4, 0.5) is 0 Å². The zero-order valence-electron chi connectivity index (χ0n) is 28.3. The Morgan fingerprint density at radius 3 is 1.63 bits per heavy atom. The highest BCUT2D eigenvalue weighted by Crippen LogP contribution is 2.41. The van der Waals surface area contributed by atoms with Crippen molar-refractivity contribution in [1.82, 2.24) is 24.9 Å². The molecule has 8 aromatic rings. The van der Waals surface area contributed by atoms with Gasteiger partial charge in [-0.15, -0.1) is 0 Å². The summed E-state index contributed by atoms with van der Waals surface area (Å²) in [5.74, 6) is 2.12. The number of aromatic nitrogens is 5. The van der Waals surface area contributed by atoms with Crippen LogP contribution in [-0.2, 0) is 0 Å². The van der Waals surface area contributed by atoms with Crippen molar-refractivity contribution in [3.8, 4) is 56.4 Å². The second kappa shape index (κ2) is 13.8. The van der Waals surface area contributed by atoms with Crippen molar-refractivity contribution in [2.24, 2.45) is 0 Å². The van der Waals surface area contributed by atoms with Crippen LogP contribution in [0.1, 0.15) is 23.7 Å². The lowest BCUT2D eigenvalue weighted by Gasteiger charge is -2.21. The van der Waals surface area contributed by atoms with Crippen LogP contribution in [0.25, 0.3) is 72.8 Å². The Bertz CT molecular complexity index is 2470. The van der Waals surface area contributed by atoms with Crippen molar-refractivity contribution in [3.05, 3.63) is 194 Å². The van der Waals surface area contributed by atoms with Crippen molar-refractivity contribution in [1.29, 1.82) is 0 Å². The van der Waals surface area contributed by atoms with Gasteiger partial charge in [-0.05, 0) is 81.9 Å². The fraction of sp³-hybridized carbons (Fsp3) is 0.0426. The summed E-state index contributed by atoms with van der Waals surface area (Å²) in [6.07, 6.45) is 11.3. The lowest BCUT2D eigenvalue weighted by atomic mass is 9.84. The predicted molar refractivity (Wildman–Crippen MR) is 211 cm³/mol. The molecular weight excluding hydrogens is 635 g/mol. The zero-order chi connectivity index (χ0) is 34.7. The van der Waals surface area contributed by atoms with E-state index in [1.54, 1.807) is 0 Å². The van der Waals surface area contributed by atoms with Gasteiger partial charge in [-0.1, -0.05) is 127 Å². The standard InChI is InChI=1S/C47H33N5/c1-3-14-34(15-4-1)45-50-46(35-16-5-2-6-17-35)52-47(51-45)36-23-21-33(22-24-36)44-40-18-8-7-13-32(40)25-26-41(44)37-29-38(42-19-9-11-27-48-42)31-39(30-37)43-20-10-12-28-49-43/h1-23,25-31,36H,24H2. The average molecular weight is 668 g/mol. The Morgan fingerprint density at radius 1 is 0.481 bits per heavy atom. The monoisotopic (exact) mass is 667 g/mol. The van der Waals surface area contributed by atoms with Gasteiger partial charge >= 0.3 is 0 Å². The van der Waals surface area contributed by atoms with Crippen LogP contribution < -0.4 is 0 Å². The van der Waals surface area contributed by atoms with Gasteiger partial charge in [0.2, 0.25) is 0 Å². The smallest absolute Gasteiger partial charge is 0.163 e. The highest BCUT2D eigenvalue weighted by Gasteiger charge is 2.21. The van der Waals surface area contributed by atoms with E-state index in [-0.39, 0.29) is 5.92 Å². The third-order valence-corrected chi connectivity index (χ3v) is 9.53. The molecule has 0 radical (unpaired) electrons. The molecule has 1 unspecified atom stereocenters. The molecule has 0 bridgehead atoms. The average Bonchev–Trinajstić information content (AvgIpc) is 3.24. The molecule has 52 heavy (non-hydrogen) atoms. The molecule has 0 spiro atoms. The van der Waals surface area contributed by atoms with E-state index in [2.05, 4.69) is 85.0 Å². The minimum absolute atomic E-state index is 0.00154. The van der Waals surface area contributed by atoms with Gasteiger partial charge in [-0.2, -0.15) is 0 Å². The number of nitrogens with zero attached hydrogens (tertiary/aromatic N) is 5. The van der Waals surface area contributed by atoms with Crippen LogP contribution in [0.3, 0.4) is 0 Å². The molecule has 246 valence electrons. The van der Waals surface area contributed by atoms with Crippen LogP contribution in [0.5, 0.6) is 0 Å². The molecule has 5 aromatic carbocycles. The minimum atomic E-state index is -0.00154. The highest BCUT2D eigenvalue weighted by molar-refractivity contribution is 6.03. The molecule has 0 aliphatic heterocycles. The first-order valence-corrected chi connectivity index (χ1v) is 17.5. The molecule has 1 aliphatic rings. The highest BCUT2D eigenvalue weighted by atomic mass is 15.0. The lowest BCUT2D eigenvalue weighted by Crippen LogP contribution is -2.08. The topological polar surface area (TPSA) is 64.5 Å². The number of pyridine rings is 2. The molecule has 0 N–H and O–H groups in total. The van der Waals surface area contributed by atoms with Gasteiger partial charge in [-0.25, -0.2) is 15.0 Å². The summed E-state index contributed by atoms with van der Waals surface area (Å²) in [5.41, 5.74) is 10.5. The Labute approximate surface area is 302 Å². The molecule has 1 aliphatic carbocycles. The number of hydrogen-bond donors (Lipinski definition) is 0. The summed E-state index contributed by atoms with van der Waals surface area (Å²) >= 11 is 0. The fourth-order valence-electron chi connectivity index (χ4n) is 6.96. The van der Waals surface area contributed by atoms with E-state index in [9.17, 15) is 0 Å². The maximum atomic E-state index is 5.03. The van der Waals surface area contributed by atoms with Crippen LogP contribution in [-0.4, -0.2) is 24.9 Å². The molecule has 3 aromatic heterocycles. The molecule has 9 rings (SSSR count). The Hall–Kier alpha value is -6.85. The van der Waals surface area contributed by atoms with E-state index < -0.39 is 0 Å². The Kier molecular flexibility index (Phi) is 8.27. The second-order valence-corrected chi connectivity index (χ2v) is 12.9. The minimum Gasteiger partial charge on any atom is -0.256 e. The van der Waals surface area contributed by atoms with Crippen molar-refractivity contribution >= 4 is 16.3 Å². The molecule has 0 amide bonds. The van der Waals surface area contributed by atoms with Gasteiger partial charge in [0.25, 0.3) is 0 Å². The van der Waals surface area contributed by atoms with E-state index >= 15 is 0 Å². The van der Waals surface area contributed by atoms with Gasteiger partial charge < -0.3 is 0 Å². The molecule has 5 nitrogen and oxygen atoms in total. The lowest BCUT2D eigenvalue weighted by molar-refractivity contribution is 0.766. The molecule has 0 saturated heterocycles. The third kappa shape index (κ3) is 6.21. The molecule has 0 fully saturated rings. The summed E-state index contributed by atoms with van der Waals surface area (Å²) in [7, 11) is 0. The number of benzene rings is 5. The van der Waals surface area contributed by atoms with Crippen molar-refractivity contribution < 1.29 is 0 Å². The summed E-state index contributed by atoms with van der Waals surface area (Å²) in [6, 6.07) is 52.1. The molecule has 3 heterocycles. The van der Waals surface area contributed by atoms with Crippen molar-refractivity contribution in [2.75, 3.05) is 0 Å². The van der Waals surface area contributed by atoms with Crippen molar-refractivity contribution in [2.45, 2.75) is 12.3 Å². The summed E-state index contributed by atoms with van der Waals surface area (Å²) in [5, 5.41) is 2.40. The SMILES string of the molecule is C1=CC(c2nc(-c3ccccc3)nc(-c3ccccc3)n2)CC=C1c1c(-c2cc(-c3ccccn3)cc(-c3ccccn3)c2)ccc2ccccc12. The first-order valence-electron chi connectivity index (χ1n) is 17.5.